The number of methoxy groups -OCH3 is 1. The molecule has 0 amide bonds. The van der Waals surface area contributed by atoms with Crippen molar-refractivity contribution in [2.45, 2.75) is 6.92 Å². The third-order valence-electron chi connectivity index (χ3n) is 2.34. The fourth-order valence-corrected chi connectivity index (χ4v) is 1.45. The molecule has 0 N–H and O–H groups in total. The van der Waals surface area contributed by atoms with Crippen LogP contribution >= 0.6 is 0 Å². The van der Waals surface area contributed by atoms with Crippen LogP contribution in [0, 0.1) is 0 Å². The number of hydrogen-bond acceptors (Lipinski definition) is 3. The highest BCUT2D eigenvalue weighted by atomic mass is 16.5. The topological polar surface area (TPSA) is 29.5 Å². The van der Waals surface area contributed by atoms with Crippen LogP contribution in [0.2, 0.25) is 0 Å². The number of rotatable bonds is 4. The van der Waals surface area contributed by atoms with Gasteiger partial charge in [-0.2, -0.15) is 0 Å². The van der Waals surface area contributed by atoms with Crippen LogP contribution in [0.1, 0.15) is 17.3 Å². The second-order valence-corrected chi connectivity index (χ2v) is 3.46. The van der Waals surface area contributed by atoms with Gasteiger partial charge in [-0.3, -0.25) is 0 Å². The minimum absolute atomic E-state index is 0.303. The van der Waals surface area contributed by atoms with Crippen molar-refractivity contribution >= 4 is 11.7 Å². The summed E-state index contributed by atoms with van der Waals surface area (Å²) in [6, 6.07) is 7.43. The quantitative estimate of drug-likeness (QED) is 0.575. The average Bonchev–Trinajstić information content (AvgIpc) is 2.35. The van der Waals surface area contributed by atoms with Gasteiger partial charge in [0.1, 0.15) is 0 Å². The van der Waals surface area contributed by atoms with Gasteiger partial charge in [0.25, 0.3) is 0 Å². The van der Waals surface area contributed by atoms with Crippen LogP contribution in [0.15, 0.2) is 36.4 Å². The number of carbonyl (C=O) groups excluding carboxylic acids is 1. The Hall–Kier alpha value is -1.77. The number of likely N-dealkylation sites (N-methyl/N-ethyl adjacent to an activating group) is 1. The van der Waals surface area contributed by atoms with Crippen LogP contribution in [0.25, 0.3) is 0 Å². The number of ether oxygens (including phenoxy) is 1. The number of nitrogens with zero attached hydrogens (tertiary/aromatic N) is 1. The summed E-state index contributed by atoms with van der Waals surface area (Å²) in [6.45, 7) is 2.74. The van der Waals surface area contributed by atoms with Gasteiger partial charge < -0.3 is 9.64 Å². The molecule has 3 heteroatoms. The molecule has 86 valence electrons. The molecule has 0 aliphatic rings. The van der Waals surface area contributed by atoms with Gasteiger partial charge in [0.2, 0.25) is 0 Å². The SMILES string of the molecule is C/C=C/CN(C)c1ccccc1C(=O)OC. The first-order chi connectivity index (χ1) is 7.70. The highest BCUT2D eigenvalue weighted by Crippen LogP contribution is 2.19. The molecule has 0 heterocycles. The molecule has 0 spiro atoms. The van der Waals surface area contributed by atoms with Crippen molar-refractivity contribution in [3.8, 4) is 0 Å². The second-order valence-electron chi connectivity index (χ2n) is 3.46. The Kier molecular flexibility index (Phi) is 4.58. The van der Waals surface area contributed by atoms with E-state index < -0.39 is 0 Å². The summed E-state index contributed by atoms with van der Waals surface area (Å²) in [7, 11) is 3.34. The Labute approximate surface area is 96.3 Å². The summed E-state index contributed by atoms with van der Waals surface area (Å²) in [4.78, 5) is 13.6. The summed E-state index contributed by atoms with van der Waals surface area (Å²) in [5.41, 5.74) is 1.48. The van der Waals surface area contributed by atoms with Crippen LogP contribution in [-0.2, 0) is 4.74 Å². The van der Waals surface area contributed by atoms with Crippen molar-refractivity contribution in [2.24, 2.45) is 0 Å². The maximum atomic E-state index is 11.5. The third-order valence-corrected chi connectivity index (χ3v) is 2.34. The van der Waals surface area contributed by atoms with Gasteiger partial charge >= 0.3 is 5.97 Å². The smallest absolute Gasteiger partial charge is 0.339 e. The number of esters is 1. The van der Waals surface area contributed by atoms with E-state index in [4.69, 9.17) is 4.74 Å². The normalized spacial score (nSPS) is 10.4. The maximum Gasteiger partial charge on any atom is 0.339 e. The average molecular weight is 219 g/mol. The first-order valence-electron chi connectivity index (χ1n) is 5.20. The first-order valence-corrected chi connectivity index (χ1v) is 5.20. The lowest BCUT2D eigenvalue weighted by atomic mass is 10.1. The number of hydrogen-bond donors (Lipinski definition) is 0. The Morgan fingerprint density at radius 1 is 1.44 bits per heavy atom. The molecule has 0 bridgehead atoms. The lowest BCUT2D eigenvalue weighted by molar-refractivity contribution is 0.0601. The van der Waals surface area contributed by atoms with Crippen LogP contribution in [0.5, 0.6) is 0 Å². The third kappa shape index (κ3) is 2.86. The highest BCUT2D eigenvalue weighted by Gasteiger charge is 2.12. The van der Waals surface area contributed by atoms with Crippen molar-refractivity contribution in [1.82, 2.24) is 0 Å². The predicted octanol–water partition coefficient (Wildman–Crippen LogP) is 2.49. The first kappa shape index (κ1) is 12.3. The molecular formula is C13H17NO2. The van der Waals surface area contributed by atoms with Crippen LogP contribution < -0.4 is 4.90 Å². The van der Waals surface area contributed by atoms with E-state index in [0.29, 0.717) is 5.56 Å². The molecule has 1 rings (SSSR count). The van der Waals surface area contributed by atoms with Gasteiger partial charge in [0, 0.05) is 13.6 Å². The van der Waals surface area contributed by atoms with Crippen molar-refractivity contribution in [3.05, 3.63) is 42.0 Å². The molecule has 0 aromatic heterocycles. The van der Waals surface area contributed by atoms with Crippen molar-refractivity contribution < 1.29 is 9.53 Å². The van der Waals surface area contributed by atoms with Gasteiger partial charge in [-0.15, -0.1) is 0 Å². The Bertz CT molecular complexity index is 385. The van der Waals surface area contributed by atoms with E-state index in [9.17, 15) is 4.79 Å². The number of para-hydroxylation sites is 1. The molecule has 3 nitrogen and oxygen atoms in total. The number of carbonyl (C=O) groups is 1. The molecule has 0 aliphatic carbocycles. The van der Waals surface area contributed by atoms with Gasteiger partial charge in [0.15, 0.2) is 0 Å². The molecule has 1 aromatic carbocycles. The molecule has 16 heavy (non-hydrogen) atoms. The molecule has 1 aromatic rings. The molecular weight excluding hydrogens is 202 g/mol. The fraction of sp³-hybridized carbons (Fsp3) is 0.308. The molecule has 0 radical (unpaired) electrons. The van der Waals surface area contributed by atoms with Crippen LogP contribution in [0.3, 0.4) is 0 Å². The lowest BCUT2D eigenvalue weighted by Crippen LogP contribution is -2.20. The van der Waals surface area contributed by atoms with Gasteiger partial charge in [-0.25, -0.2) is 4.79 Å². The Morgan fingerprint density at radius 3 is 2.75 bits per heavy atom. The van der Waals surface area contributed by atoms with E-state index >= 15 is 0 Å². The van der Waals surface area contributed by atoms with Crippen LogP contribution in [-0.4, -0.2) is 26.7 Å². The zero-order chi connectivity index (χ0) is 12.0. The lowest BCUT2D eigenvalue weighted by Gasteiger charge is -2.19. The molecule has 0 atom stereocenters. The van der Waals surface area contributed by atoms with E-state index in [0.717, 1.165) is 12.2 Å². The number of allylic oxidation sites excluding steroid dienone is 1. The van der Waals surface area contributed by atoms with Crippen molar-refractivity contribution in [3.63, 3.8) is 0 Å². The monoisotopic (exact) mass is 219 g/mol. The zero-order valence-electron chi connectivity index (χ0n) is 9.93. The molecule has 0 saturated heterocycles. The largest absolute Gasteiger partial charge is 0.465 e. The van der Waals surface area contributed by atoms with E-state index in [1.54, 1.807) is 6.07 Å². The van der Waals surface area contributed by atoms with Gasteiger partial charge in [-0.05, 0) is 19.1 Å². The highest BCUT2D eigenvalue weighted by molar-refractivity contribution is 5.95. The summed E-state index contributed by atoms with van der Waals surface area (Å²) in [5.74, 6) is -0.303. The Balaban J connectivity index is 2.98. The minimum atomic E-state index is -0.303. The maximum absolute atomic E-state index is 11.5. The molecule has 0 aliphatic heterocycles. The molecule has 0 saturated carbocycles. The number of benzene rings is 1. The molecule has 0 unspecified atom stereocenters. The van der Waals surface area contributed by atoms with Crippen molar-refractivity contribution in [1.29, 1.82) is 0 Å². The van der Waals surface area contributed by atoms with Gasteiger partial charge in [-0.1, -0.05) is 24.3 Å². The Morgan fingerprint density at radius 2 is 2.12 bits per heavy atom. The predicted molar refractivity (Wildman–Crippen MR) is 65.9 cm³/mol. The fourth-order valence-electron chi connectivity index (χ4n) is 1.45. The van der Waals surface area contributed by atoms with Gasteiger partial charge in [0.05, 0.1) is 18.4 Å². The summed E-state index contributed by atoms with van der Waals surface area (Å²) >= 11 is 0. The molecule has 0 fully saturated rings. The zero-order valence-corrected chi connectivity index (χ0v) is 9.93. The standard InChI is InChI=1S/C13H17NO2/c1-4-5-10-14(2)12-9-7-6-8-11(12)13(15)16-3/h4-9H,10H2,1-3H3/b5-4+. The van der Waals surface area contributed by atoms with E-state index in [-0.39, 0.29) is 5.97 Å². The van der Waals surface area contributed by atoms with E-state index in [1.807, 2.05) is 49.2 Å². The summed E-state index contributed by atoms with van der Waals surface area (Å²) < 4.78 is 4.75. The summed E-state index contributed by atoms with van der Waals surface area (Å²) in [6.07, 6.45) is 4.02. The second kappa shape index (κ2) is 5.95. The van der Waals surface area contributed by atoms with Crippen LogP contribution in [0.4, 0.5) is 5.69 Å². The van der Waals surface area contributed by atoms with Crippen molar-refractivity contribution in [2.75, 3.05) is 25.6 Å². The number of anilines is 1. The van der Waals surface area contributed by atoms with E-state index in [1.165, 1.54) is 7.11 Å². The minimum Gasteiger partial charge on any atom is -0.465 e. The summed E-state index contributed by atoms with van der Waals surface area (Å²) in [5, 5.41) is 0. The van der Waals surface area contributed by atoms with E-state index in [2.05, 4.69) is 0 Å².